The molecule has 0 unspecified atom stereocenters. The molecule has 32 heavy (non-hydrogen) atoms. The van der Waals surface area contributed by atoms with Crippen molar-refractivity contribution in [3.05, 3.63) is 53.1 Å². The number of nitrogens with one attached hydrogen (secondary N) is 1. The first-order valence-electron chi connectivity index (χ1n) is 10.9. The number of aromatic nitrogens is 4. The van der Waals surface area contributed by atoms with Crippen LogP contribution in [0, 0.1) is 0 Å². The molecule has 0 aliphatic heterocycles. The minimum Gasteiger partial charge on any atom is -0.367 e. The molecular formula is C23H24ClN5O2S. The van der Waals surface area contributed by atoms with E-state index < -0.39 is 9.84 Å². The summed E-state index contributed by atoms with van der Waals surface area (Å²) in [6.07, 6.45) is 6.52. The van der Waals surface area contributed by atoms with Crippen LogP contribution in [0.4, 0.5) is 5.82 Å². The van der Waals surface area contributed by atoms with Crippen LogP contribution in [0.15, 0.2) is 52.4 Å². The smallest absolute Gasteiger partial charge is 0.229 e. The quantitative estimate of drug-likeness (QED) is 0.439. The first-order chi connectivity index (χ1) is 15.5. The van der Waals surface area contributed by atoms with Crippen LogP contribution in [-0.4, -0.2) is 34.3 Å². The predicted molar refractivity (Wildman–Crippen MR) is 125 cm³/mol. The topological polar surface area (TPSA) is 89.2 Å². The molecule has 1 saturated carbocycles. The molecule has 0 saturated heterocycles. The summed E-state index contributed by atoms with van der Waals surface area (Å²) in [7, 11) is -3.88. The summed E-state index contributed by atoms with van der Waals surface area (Å²) in [6, 6.07) is 12.6. The molecule has 1 aliphatic carbocycles. The number of aryl methyl sites for hydroxylation is 1. The zero-order chi connectivity index (χ0) is 22.3. The number of hydrogen-bond acceptors (Lipinski definition) is 6. The van der Waals surface area contributed by atoms with Gasteiger partial charge in [-0.15, -0.1) is 5.10 Å². The van der Waals surface area contributed by atoms with E-state index >= 15 is 0 Å². The Morgan fingerprint density at radius 2 is 1.84 bits per heavy atom. The van der Waals surface area contributed by atoms with Crippen LogP contribution in [0.5, 0.6) is 0 Å². The van der Waals surface area contributed by atoms with E-state index in [1.54, 1.807) is 18.2 Å². The molecule has 5 rings (SSSR count). The van der Waals surface area contributed by atoms with Crippen LogP contribution in [0.3, 0.4) is 0 Å². The van der Waals surface area contributed by atoms with Crippen molar-refractivity contribution in [2.24, 2.45) is 0 Å². The van der Waals surface area contributed by atoms with Gasteiger partial charge in [0.05, 0.1) is 10.4 Å². The van der Waals surface area contributed by atoms with Gasteiger partial charge in [0, 0.05) is 16.5 Å². The normalized spacial score (nSPS) is 15.4. The summed E-state index contributed by atoms with van der Waals surface area (Å²) in [5.41, 5.74) is 1.97. The van der Waals surface area contributed by atoms with Crippen molar-refractivity contribution in [1.82, 2.24) is 19.8 Å². The van der Waals surface area contributed by atoms with E-state index in [1.807, 2.05) is 31.2 Å². The number of anilines is 1. The van der Waals surface area contributed by atoms with E-state index in [4.69, 9.17) is 16.6 Å². The number of rotatable bonds is 5. The van der Waals surface area contributed by atoms with Gasteiger partial charge in [0.1, 0.15) is 5.82 Å². The van der Waals surface area contributed by atoms with Gasteiger partial charge in [-0.25, -0.2) is 13.4 Å². The Bertz CT molecular complexity index is 1390. The van der Waals surface area contributed by atoms with Gasteiger partial charge in [-0.2, -0.15) is 4.52 Å². The van der Waals surface area contributed by atoms with Gasteiger partial charge < -0.3 is 5.32 Å². The Morgan fingerprint density at radius 3 is 2.56 bits per heavy atom. The molecule has 4 aromatic rings. The molecule has 1 aliphatic rings. The fourth-order valence-corrected chi connectivity index (χ4v) is 5.72. The molecule has 2 aromatic carbocycles. The summed E-state index contributed by atoms with van der Waals surface area (Å²) in [5.74, 6) is 0.613. The highest BCUT2D eigenvalue weighted by Crippen LogP contribution is 2.31. The van der Waals surface area contributed by atoms with E-state index in [9.17, 15) is 8.42 Å². The van der Waals surface area contributed by atoms with Crippen molar-refractivity contribution in [2.75, 3.05) is 5.32 Å². The standard InChI is InChI=1S/C23H24ClN5O2S/c1-2-15-8-11-18(12-9-15)32(30,31)23-22-26-21(25-17-6-4-3-5-7-17)19-14-16(24)10-13-20(19)29(22)28-27-23/h8-14,17H,2-7H2,1H3,(H,25,26). The highest BCUT2D eigenvalue weighted by atomic mass is 35.5. The van der Waals surface area contributed by atoms with Crippen LogP contribution >= 0.6 is 11.6 Å². The number of sulfone groups is 1. The van der Waals surface area contributed by atoms with Crippen molar-refractivity contribution in [3.8, 4) is 0 Å². The number of benzene rings is 2. The van der Waals surface area contributed by atoms with E-state index in [0.717, 1.165) is 30.2 Å². The molecule has 2 aromatic heterocycles. The fraction of sp³-hybridized carbons (Fsp3) is 0.348. The van der Waals surface area contributed by atoms with Crippen LogP contribution < -0.4 is 5.32 Å². The van der Waals surface area contributed by atoms with Gasteiger partial charge in [-0.1, -0.05) is 55.1 Å². The zero-order valence-corrected chi connectivity index (χ0v) is 19.3. The molecule has 2 heterocycles. The summed E-state index contributed by atoms with van der Waals surface area (Å²) in [5, 5.41) is 12.9. The molecular weight excluding hydrogens is 446 g/mol. The molecule has 1 N–H and O–H groups in total. The molecule has 9 heteroatoms. The summed E-state index contributed by atoms with van der Waals surface area (Å²) in [4.78, 5) is 4.89. The maximum atomic E-state index is 13.4. The highest BCUT2D eigenvalue weighted by Gasteiger charge is 2.27. The second-order valence-corrected chi connectivity index (χ2v) is 10.5. The van der Waals surface area contributed by atoms with Crippen LogP contribution in [0.1, 0.15) is 44.6 Å². The monoisotopic (exact) mass is 469 g/mol. The zero-order valence-electron chi connectivity index (χ0n) is 17.8. The van der Waals surface area contributed by atoms with Crippen LogP contribution in [-0.2, 0) is 16.3 Å². The molecule has 7 nitrogen and oxygen atoms in total. The third kappa shape index (κ3) is 3.71. The van der Waals surface area contributed by atoms with E-state index in [-0.39, 0.29) is 15.6 Å². The van der Waals surface area contributed by atoms with Crippen molar-refractivity contribution in [1.29, 1.82) is 0 Å². The third-order valence-electron chi connectivity index (χ3n) is 6.12. The summed E-state index contributed by atoms with van der Waals surface area (Å²) in [6.45, 7) is 2.03. The lowest BCUT2D eigenvalue weighted by atomic mass is 9.95. The maximum Gasteiger partial charge on any atom is 0.229 e. The van der Waals surface area contributed by atoms with Crippen molar-refractivity contribution < 1.29 is 8.42 Å². The summed E-state index contributed by atoms with van der Waals surface area (Å²) >= 11 is 6.27. The number of fused-ring (bicyclic) bond motifs is 3. The average molecular weight is 470 g/mol. The second-order valence-electron chi connectivity index (χ2n) is 8.23. The number of hydrogen-bond donors (Lipinski definition) is 1. The lowest BCUT2D eigenvalue weighted by Gasteiger charge is -2.24. The summed E-state index contributed by atoms with van der Waals surface area (Å²) < 4.78 is 28.3. The average Bonchev–Trinajstić information content (AvgIpc) is 3.24. The molecule has 166 valence electrons. The van der Waals surface area contributed by atoms with Crippen molar-refractivity contribution >= 4 is 43.8 Å². The Hall–Kier alpha value is -2.71. The Morgan fingerprint density at radius 1 is 1.09 bits per heavy atom. The Kier molecular flexibility index (Phi) is 5.51. The Balaban J connectivity index is 1.68. The first-order valence-corrected chi connectivity index (χ1v) is 12.8. The van der Waals surface area contributed by atoms with E-state index in [2.05, 4.69) is 15.6 Å². The second kappa shape index (κ2) is 8.33. The molecule has 1 fully saturated rings. The van der Waals surface area contributed by atoms with Crippen molar-refractivity contribution in [3.63, 3.8) is 0 Å². The van der Waals surface area contributed by atoms with Crippen LogP contribution in [0.2, 0.25) is 5.02 Å². The molecule has 0 spiro atoms. The molecule has 0 radical (unpaired) electrons. The third-order valence-corrected chi connectivity index (χ3v) is 8.02. The minimum atomic E-state index is -3.88. The van der Waals surface area contributed by atoms with Gasteiger partial charge in [-0.3, -0.25) is 0 Å². The predicted octanol–water partition coefficient (Wildman–Crippen LogP) is 5.07. The maximum absolute atomic E-state index is 13.4. The van der Waals surface area contributed by atoms with Gasteiger partial charge in [0.2, 0.25) is 14.9 Å². The first kappa shape index (κ1) is 21.2. The lowest BCUT2D eigenvalue weighted by Crippen LogP contribution is -2.23. The van der Waals surface area contributed by atoms with E-state index in [0.29, 0.717) is 22.4 Å². The number of halogens is 1. The molecule has 0 atom stereocenters. The highest BCUT2D eigenvalue weighted by molar-refractivity contribution is 7.91. The van der Waals surface area contributed by atoms with Crippen LogP contribution in [0.25, 0.3) is 16.6 Å². The molecule has 0 bridgehead atoms. The van der Waals surface area contributed by atoms with Crippen molar-refractivity contribution in [2.45, 2.75) is 61.4 Å². The Labute approximate surface area is 191 Å². The largest absolute Gasteiger partial charge is 0.367 e. The van der Waals surface area contributed by atoms with Gasteiger partial charge in [-0.05, 0) is 55.2 Å². The fourth-order valence-electron chi connectivity index (χ4n) is 4.31. The van der Waals surface area contributed by atoms with Gasteiger partial charge in [0.25, 0.3) is 0 Å². The van der Waals surface area contributed by atoms with Gasteiger partial charge in [0.15, 0.2) is 5.65 Å². The number of nitrogens with zero attached hydrogens (tertiary/aromatic N) is 4. The molecule has 0 amide bonds. The lowest BCUT2D eigenvalue weighted by molar-refractivity contribution is 0.462. The SMILES string of the molecule is CCc1ccc(S(=O)(=O)c2nnn3c2nc(NC2CCCCC2)c2cc(Cl)ccc23)cc1. The van der Waals surface area contributed by atoms with Gasteiger partial charge >= 0.3 is 0 Å². The van der Waals surface area contributed by atoms with E-state index in [1.165, 1.54) is 23.8 Å². The minimum absolute atomic E-state index is 0.148.